The molecule has 0 spiro atoms. The molecule has 0 aliphatic heterocycles. The van der Waals surface area contributed by atoms with E-state index >= 15 is 0 Å². The van der Waals surface area contributed by atoms with Crippen molar-refractivity contribution in [1.82, 2.24) is 0 Å². The fraction of sp³-hybridized carbons (Fsp3) is 1.00. The molecule has 0 heterocycles. The molecule has 0 aromatic carbocycles. The SMILES string of the molecule is ClC(Cl)[C@@]12CCCC[C@@H]1CC2. The average Bonchev–Trinajstić information content (AvgIpc) is 1.91. The normalized spacial score (nSPS) is 43.4. The summed E-state index contributed by atoms with van der Waals surface area (Å²) in [5.74, 6) is 0.858. The van der Waals surface area contributed by atoms with E-state index in [1.165, 1.54) is 38.5 Å². The van der Waals surface area contributed by atoms with Gasteiger partial charge in [-0.3, -0.25) is 0 Å². The molecule has 2 atom stereocenters. The lowest BCUT2D eigenvalue weighted by Crippen LogP contribution is -2.47. The van der Waals surface area contributed by atoms with Crippen molar-refractivity contribution in [3.05, 3.63) is 0 Å². The van der Waals surface area contributed by atoms with Gasteiger partial charge in [0.15, 0.2) is 0 Å². The first kappa shape index (κ1) is 8.19. The molecule has 64 valence electrons. The van der Waals surface area contributed by atoms with Crippen molar-refractivity contribution in [3.8, 4) is 0 Å². The lowest BCUT2D eigenvalue weighted by molar-refractivity contribution is -0.000196. The van der Waals surface area contributed by atoms with Crippen LogP contribution in [0, 0.1) is 11.3 Å². The molecule has 2 aliphatic rings. The van der Waals surface area contributed by atoms with Crippen molar-refractivity contribution in [1.29, 1.82) is 0 Å². The number of hydrogen-bond donors (Lipinski definition) is 0. The zero-order chi connectivity index (χ0) is 7.90. The summed E-state index contributed by atoms with van der Waals surface area (Å²) in [6.45, 7) is 0. The van der Waals surface area contributed by atoms with Crippen molar-refractivity contribution >= 4 is 23.2 Å². The van der Waals surface area contributed by atoms with Crippen molar-refractivity contribution in [2.24, 2.45) is 11.3 Å². The topological polar surface area (TPSA) is 0 Å². The Morgan fingerprint density at radius 3 is 2.27 bits per heavy atom. The predicted octanol–water partition coefficient (Wildman–Crippen LogP) is 3.76. The largest absolute Gasteiger partial charge is 0.113 e. The Hall–Kier alpha value is 0.580. The van der Waals surface area contributed by atoms with Crippen LogP contribution < -0.4 is 0 Å². The van der Waals surface area contributed by atoms with Gasteiger partial charge in [0.25, 0.3) is 0 Å². The second kappa shape index (κ2) is 2.81. The molecule has 0 N–H and O–H groups in total. The molecule has 2 saturated carbocycles. The zero-order valence-corrected chi connectivity index (χ0v) is 8.17. The fourth-order valence-electron chi connectivity index (χ4n) is 2.72. The molecule has 2 aliphatic carbocycles. The van der Waals surface area contributed by atoms with Gasteiger partial charge in [0, 0.05) is 5.41 Å². The van der Waals surface area contributed by atoms with Crippen LogP contribution in [0.15, 0.2) is 0 Å². The highest BCUT2D eigenvalue weighted by atomic mass is 35.5. The maximum absolute atomic E-state index is 6.01. The molecule has 2 heteroatoms. The highest BCUT2D eigenvalue weighted by Crippen LogP contribution is 2.59. The van der Waals surface area contributed by atoms with Gasteiger partial charge in [0.2, 0.25) is 0 Å². The minimum atomic E-state index is -0.110. The van der Waals surface area contributed by atoms with E-state index in [-0.39, 0.29) is 4.84 Å². The van der Waals surface area contributed by atoms with Gasteiger partial charge in [-0.15, -0.1) is 23.2 Å². The van der Waals surface area contributed by atoms with Gasteiger partial charge in [-0.1, -0.05) is 12.8 Å². The van der Waals surface area contributed by atoms with E-state index in [1.54, 1.807) is 0 Å². The molecule has 0 amide bonds. The van der Waals surface area contributed by atoms with Gasteiger partial charge in [0.1, 0.15) is 4.84 Å². The van der Waals surface area contributed by atoms with Crippen LogP contribution in [0.2, 0.25) is 0 Å². The third-order valence-electron chi connectivity index (χ3n) is 3.65. The quantitative estimate of drug-likeness (QED) is 0.556. The standard InChI is InChI=1S/C9H14Cl2/c10-8(11)9-5-2-1-3-7(9)4-6-9/h7-8H,1-6H2/t7-,9-/m1/s1. The third-order valence-corrected chi connectivity index (χ3v) is 4.52. The van der Waals surface area contributed by atoms with Crippen molar-refractivity contribution in [3.63, 3.8) is 0 Å². The third kappa shape index (κ3) is 1.10. The predicted molar refractivity (Wildman–Crippen MR) is 49.1 cm³/mol. The number of fused-ring (bicyclic) bond motifs is 1. The summed E-state index contributed by atoms with van der Waals surface area (Å²) in [6.07, 6.45) is 8.02. The summed E-state index contributed by atoms with van der Waals surface area (Å²) in [6, 6.07) is 0. The Labute approximate surface area is 78.3 Å². The van der Waals surface area contributed by atoms with Gasteiger partial charge in [0.05, 0.1) is 0 Å². The van der Waals surface area contributed by atoms with Crippen LogP contribution in [0.4, 0.5) is 0 Å². The molecule has 0 aromatic rings. The van der Waals surface area contributed by atoms with Crippen LogP contribution in [-0.2, 0) is 0 Å². The Balaban J connectivity index is 2.09. The monoisotopic (exact) mass is 192 g/mol. The summed E-state index contributed by atoms with van der Waals surface area (Å²) < 4.78 is 0. The highest BCUT2D eigenvalue weighted by molar-refractivity contribution is 6.44. The zero-order valence-electron chi connectivity index (χ0n) is 6.65. The molecule has 0 radical (unpaired) electrons. The summed E-state index contributed by atoms with van der Waals surface area (Å²) >= 11 is 12.0. The maximum atomic E-state index is 6.01. The van der Waals surface area contributed by atoms with Crippen molar-refractivity contribution < 1.29 is 0 Å². The van der Waals surface area contributed by atoms with E-state index in [1.807, 2.05) is 0 Å². The number of rotatable bonds is 1. The first-order valence-corrected chi connectivity index (χ1v) is 5.41. The Bertz CT molecular complexity index is 156. The molecule has 2 fully saturated rings. The Kier molecular flexibility index (Phi) is 2.09. The lowest BCUT2D eigenvalue weighted by Gasteiger charge is -2.53. The van der Waals surface area contributed by atoms with Crippen LogP contribution >= 0.6 is 23.2 Å². The second-order valence-electron chi connectivity index (χ2n) is 4.02. The van der Waals surface area contributed by atoms with Gasteiger partial charge >= 0.3 is 0 Å². The lowest BCUT2D eigenvalue weighted by atomic mass is 9.54. The fourth-order valence-corrected chi connectivity index (χ4v) is 3.51. The van der Waals surface area contributed by atoms with E-state index in [0.29, 0.717) is 5.41 Å². The van der Waals surface area contributed by atoms with E-state index in [4.69, 9.17) is 23.2 Å². The van der Waals surface area contributed by atoms with E-state index in [2.05, 4.69) is 0 Å². The summed E-state index contributed by atoms with van der Waals surface area (Å²) in [7, 11) is 0. The molecule has 2 rings (SSSR count). The first-order chi connectivity index (χ1) is 5.26. The summed E-state index contributed by atoms with van der Waals surface area (Å²) in [5.41, 5.74) is 0.349. The Morgan fingerprint density at radius 2 is 1.91 bits per heavy atom. The van der Waals surface area contributed by atoms with Gasteiger partial charge in [-0.25, -0.2) is 0 Å². The molecule has 0 saturated heterocycles. The number of halogens is 2. The Morgan fingerprint density at radius 1 is 1.09 bits per heavy atom. The average molecular weight is 193 g/mol. The molecular formula is C9H14Cl2. The molecule has 11 heavy (non-hydrogen) atoms. The van der Waals surface area contributed by atoms with Gasteiger partial charge < -0.3 is 0 Å². The van der Waals surface area contributed by atoms with Gasteiger partial charge in [-0.05, 0) is 31.6 Å². The molecule has 0 aromatic heterocycles. The van der Waals surface area contributed by atoms with E-state index in [9.17, 15) is 0 Å². The first-order valence-electron chi connectivity index (χ1n) is 4.54. The van der Waals surface area contributed by atoms with Crippen molar-refractivity contribution in [2.75, 3.05) is 0 Å². The minimum absolute atomic E-state index is 0.110. The molecule has 0 nitrogen and oxygen atoms in total. The van der Waals surface area contributed by atoms with E-state index < -0.39 is 0 Å². The highest BCUT2D eigenvalue weighted by Gasteiger charge is 2.51. The van der Waals surface area contributed by atoms with Crippen LogP contribution in [-0.4, -0.2) is 4.84 Å². The number of alkyl halides is 2. The van der Waals surface area contributed by atoms with Gasteiger partial charge in [-0.2, -0.15) is 0 Å². The molecular weight excluding hydrogens is 179 g/mol. The van der Waals surface area contributed by atoms with Crippen LogP contribution in [0.25, 0.3) is 0 Å². The molecule has 0 bridgehead atoms. The molecule has 0 unspecified atom stereocenters. The van der Waals surface area contributed by atoms with Crippen LogP contribution in [0.3, 0.4) is 0 Å². The summed E-state index contributed by atoms with van der Waals surface area (Å²) in [4.78, 5) is -0.110. The minimum Gasteiger partial charge on any atom is -0.105 e. The smallest absolute Gasteiger partial charge is 0.105 e. The van der Waals surface area contributed by atoms with Crippen LogP contribution in [0.1, 0.15) is 38.5 Å². The maximum Gasteiger partial charge on any atom is 0.113 e. The van der Waals surface area contributed by atoms with E-state index in [0.717, 1.165) is 5.92 Å². The number of hydrogen-bond acceptors (Lipinski definition) is 0. The summed E-state index contributed by atoms with van der Waals surface area (Å²) in [5, 5.41) is 0. The van der Waals surface area contributed by atoms with Crippen molar-refractivity contribution in [2.45, 2.75) is 43.4 Å². The van der Waals surface area contributed by atoms with Crippen LogP contribution in [0.5, 0.6) is 0 Å². The second-order valence-corrected chi connectivity index (χ2v) is 5.11.